The minimum atomic E-state index is -0.477. The second-order valence-electron chi connectivity index (χ2n) is 5.64. The molecular weight excluding hydrogens is 380 g/mol. The van der Waals surface area contributed by atoms with Gasteiger partial charge in [0.1, 0.15) is 17.2 Å². The molecule has 0 atom stereocenters. The highest BCUT2D eigenvalue weighted by Gasteiger charge is 2.09. The number of aromatic nitrogens is 2. The zero-order chi connectivity index (χ0) is 19.9. The van der Waals surface area contributed by atoms with E-state index >= 15 is 0 Å². The third-order valence-corrected chi connectivity index (χ3v) is 4.01. The van der Waals surface area contributed by atoms with Crippen molar-refractivity contribution in [2.24, 2.45) is 5.10 Å². The van der Waals surface area contributed by atoms with E-state index in [1.807, 2.05) is 12.1 Å². The molecule has 0 unspecified atom stereocenters. The van der Waals surface area contributed by atoms with Crippen molar-refractivity contribution in [2.75, 3.05) is 14.2 Å². The van der Waals surface area contributed by atoms with Crippen molar-refractivity contribution in [3.63, 3.8) is 0 Å². The predicted molar refractivity (Wildman–Crippen MR) is 107 cm³/mol. The number of amides is 1. The van der Waals surface area contributed by atoms with Gasteiger partial charge >= 0.3 is 0 Å². The number of hydrogen-bond donors (Lipinski definition) is 1. The molecule has 2 aromatic carbocycles. The van der Waals surface area contributed by atoms with Gasteiger partial charge in [-0.1, -0.05) is 23.7 Å². The maximum Gasteiger partial charge on any atom is 0.291 e. The molecule has 1 amide bonds. The van der Waals surface area contributed by atoms with Gasteiger partial charge in [-0.2, -0.15) is 5.10 Å². The van der Waals surface area contributed by atoms with Crippen LogP contribution in [0.25, 0.3) is 11.3 Å². The minimum absolute atomic E-state index is 0.146. The Bertz CT molecular complexity index is 984. The summed E-state index contributed by atoms with van der Waals surface area (Å²) in [4.78, 5) is 20.7. The van der Waals surface area contributed by atoms with Gasteiger partial charge < -0.3 is 9.47 Å². The number of halogens is 1. The normalized spacial score (nSPS) is 10.7. The third kappa shape index (κ3) is 4.83. The van der Waals surface area contributed by atoms with Crippen LogP contribution in [0.5, 0.6) is 11.5 Å². The van der Waals surface area contributed by atoms with Crippen LogP contribution < -0.4 is 14.9 Å². The topological polar surface area (TPSA) is 85.7 Å². The van der Waals surface area contributed by atoms with Crippen LogP contribution in [-0.4, -0.2) is 36.3 Å². The van der Waals surface area contributed by atoms with Crippen LogP contribution in [-0.2, 0) is 0 Å². The predicted octanol–water partition coefficient (Wildman–Crippen LogP) is 3.58. The van der Waals surface area contributed by atoms with E-state index in [0.29, 0.717) is 27.8 Å². The molecule has 7 nitrogen and oxygen atoms in total. The summed E-state index contributed by atoms with van der Waals surface area (Å²) in [6, 6.07) is 12.4. The average molecular weight is 397 g/mol. The van der Waals surface area contributed by atoms with Crippen molar-refractivity contribution in [1.29, 1.82) is 0 Å². The summed E-state index contributed by atoms with van der Waals surface area (Å²) < 4.78 is 10.4. The van der Waals surface area contributed by atoms with Crippen LogP contribution in [0.15, 0.2) is 60.0 Å². The summed E-state index contributed by atoms with van der Waals surface area (Å²) in [5.41, 5.74) is 4.65. The smallest absolute Gasteiger partial charge is 0.291 e. The zero-order valence-corrected chi connectivity index (χ0v) is 16.0. The summed E-state index contributed by atoms with van der Waals surface area (Å²) in [6.45, 7) is 0. The lowest BCUT2D eigenvalue weighted by atomic mass is 10.1. The van der Waals surface area contributed by atoms with Crippen LogP contribution in [0.1, 0.15) is 16.1 Å². The first-order valence-electron chi connectivity index (χ1n) is 8.23. The lowest BCUT2D eigenvalue weighted by Crippen LogP contribution is -2.19. The van der Waals surface area contributed by atoms with Crippen molar-refractivity contribution in [3.8, 4) is 22.8 Å². The Morgan fingerprint density at radius 1 is 1.07 bits per heavy atom. The Hall–Kier alpha value is -3.45. The SMILES string of the molecule is COc1cc(/C=N/NC(=O)c2cncc(-c3ccc(Cl)cc3)n2)cc(OC)c1. The molecule has 0 saturated carbocycles. The molecule has 0 aliphatic heterocycles. The Morgan fingerprint density at radius 2 is 1.75 bits per heavy atom. The Morgan fingerprint density at radius 3 is 2.39 bits per heavy atom. The van der Waals surface area contributed by atoms with Gasteiger partial charge in [0.25, 0.3) is 5.91 Å². The van der Waals surface area contributed by atoms with E-state index in [0.717, 1.165) is 5.56 Å². The second kappa shape index (κ2) is 8.96. The van der Waals surface area contributed by atoms with Gasteiger partial charge in [0.2, 0.25) is 0 Å². The molecular formula is C20H17ClN4O3. The number of nitrogens with zero attached hydrogens (tertiary/aromatic N) is 3. The number of benzene rings is 2. The van der Waals surface area contributed by atoms with E-state index in [2.05, 4.69) is 20.5 Å². The van der Waals surface area contributed by atoms with Gasteiger partial charge in [-0.25, -0.2) is 10.4 Å². The van der Waals surface area contributed by atoms with E-state index in [1.54, 1.807) is 50.7 Å². The molecule has 3 aromatic rings. The molecule has 0 saturated heterocycles. The first-order chi connectivity index (χ1) is 13.6. The average Bonchev–Trinajstić information content (AvgIpc) is 2.74. The quantitative estimate of drug-likeness (QED) is 0.508. The highest BCUT2D eigenvalue weighted by molar-refractivity contribution is 6.30. The Kier molecular flexibility index (Phi) is 6.18. The van der Waals surface area contributed by atoms with Crippen molar-refractivity contribution in [2.45, 2.75) is 0 Å². The van der Waals surface area contributed by atoms with E-state index in [9.17, 15) is 4.79 Å². The minimum Gasteiger partial charge on any atom is -0.497 e. The number of nitrogens with one attached hydrogen (secondary N) is 1. The molecule has 0 bridgehead atoms. The number of carbonyl (C=O) groups excluding carboxylic acids is 1. The van der Waals surface area contributed by atoms with Gasteiger partial charge in [-0.15, -0.1) is 0 Å². The number of hydrazone groups is 1. The summed E-state index contributed by atoms with van der Waals surface area (Å²) in [6.07, 6.45) is 4.43. The fraction of sp³-hybridized carbons (Fsp3) is 0.100. The number of carbonyl (C=O) groups is 1. The maximum atomic E-state index is 12.3. The van der Waals surface area contributed by atoms with Crippen LogP contribution >= 0.6 is 11.6 Å². The van der Waals surface area contributed by atoms with Gasteiger partial charge in [-0.3, -0.25) is 9.78 Å². The van der Waals surface area contributed by atoms with Crippen LogP contribution in [0.2, 0.25) is 5.02 Å². The largest absolute Gasteiger partial charge is 0.497 e. The lowest BCUT2D eigenvalue weighted by molar-refractivity contribution is 0.0950. The van der Waals surface area contributed by atoms with Crippen molar-refractivity contribution >= 4 is 23.7 Å². The number of rotatable bonds is 6. The number of ether oxygens (including phenoxy) is 2. The molecule has 0 fully saturated rings. The molecule has 8 heteroatoms. The Labute approximate surface area is 167 Å². The molecule has 1 N–H and O–H groups in total. The second-order valence-corrected chi connectivity index (χ2v) is 6.08. The van der Waals surface area contributed by atoms with Crippen molar-refractivity contribution < 1.29 is 14.3 Å². The summed E-state index contributed by atoms with van der Waals surface area (Å²) >= 11 is 5.89. The number of methoxy groups -OCH3 is 2. The van der Waals surface area contributed by atoms with Gasteiger partial charge in [0, 0.05) is 22.2 Å². The highest BCUT2D eigenvalue weighted by atomic mass is 35.5. The van der Waals surface area contributed by atoms with E-state index in [4.69, 9.17) is 21.1 Å². The van der Waals surface area contributed by atoms with Crippen molar-refractivity contribution in [3.05, 3.63) is 71.1 Å². The molecule has 1 heterocycles. The summed E-state index contributed by atoms with van der Waals surface area (Å²) in [7, 11) is 3.12. The van der Waals surface area contributed by atoms with Crippen LogP contribution in [0.4, 0.5) is 0 Å². The van der Waals surface area contributed by atoms with E-state index in [1.165, 1.54) is 12.4 Å². The summed E-state index contributed by atoms with van der Waals surface area (Å²) in [5.74, 6) is 0.761. The van der Waals surface area contributed by atoms with Gasteiger partial charge in [0.15, 0.2) is 0 Å². The monoisotopic (exact) mass is 396 g/mol. The molecule has 1 aromatic heterocycles. The first kappa shape index (κ1) is 19.3. The third-order valence-electron chi connectivity index (χ3n) is 3.76. The zero-order valence-electron chi connectivity index (χ0n) is 15.2. The molecule has 3 rings (SSSR count). The Balaban J connectivity index is 1.72. The first-order valence-corrected chi connectivity index (χ1v) is 8.61. The van der Waals surface area contributed by atoms with Gasteiger partial charge in [0.05, 0.1) is 38.5 Å². The molecule has 142 valence electrons. The molecule has 0 aliphatic carbocycles. The lowest BCUT2D eigenvalue weighted by Gasteiger charge is -2.06. The fourth-order valence-electron chi connectivity index (χ4n) is 2.36. The number of hydrogen-bond acceptors (Lipinski definition) is 6. The molecule has 0 aliphatic rings. The van der Waals surface area contributed by atoms with Gasteiger partial charge in [-0.05, 0) is 24.3 Å². The summed E-state index contributed by atoms with van der Waals surface area (Å²) in [5, 5.41) is 4.58. The van der Waals surface area contributed by atoms with Crippen LogP contribution in [0.3, 0.4) is 0 Å². The molecule has 28 heavy (non-hydrogen) atoms. The standard InChI is InChI=1S/C20H17ClN4O3/c1-27-16-7-13(8-17(9-16)28-2)10-23-25-20(26)19-12-22-11-18(24-19)14-3-5-15(21)6-4-14/h3-12H,1-2H3,(H,25,26)/b23-10+. The van der Waals surface area contributed by atoms with Crippen molar-refractivity contribution in [1.82, 2.24) is 15.4 Å². The van der Waals surface area contributed by atoms with E-state index < -0.39 is 5.91 Å². The van der Waals surface area contributed by atoms with E-state index in [-0.39, 0.29) is 5.69 Å². The molecule has 0 radical (unpaired) electrons. The fourth-order valence-corrected chi connectivity index (χ4v) is 2.49. The molecule has 0 spiro atoms. The highest BCUT2D eigenvalue weighted by Crippen LogP contribution is 2.21. The van der Waals surface area contributed by atoms with Crippen LogP contribution in [0, 0.1) is 0 Å². The maximum absolute atomic E-state index is 12.3.